The normalized spacial score (nSPS) is 18.9. The highest BCUT2D eigenvalue weighted by Crippen LogP contribution is 2.39. The van der Waals surface area contributed by atoms with Crippen LogP contribution in [0.4, 0.5) is 0 Å². The number of benzene rings is 1. The average Bonchev–Trinajstić information content (AvgIpc) is 3.10. The van der Waals surface area contributed by atoms with E-state index in [0.717, 1.165) is 22.7 Å². The van der Waals surface area contributed by atoms with Crippen molar-refractivity contribution >= 4 is 28.4 Å². The second-order valence-corrected chi connectivity index (χ2v) is 11.4. The van der Waals surface area contributed by atoms with E-state index in [4.69, 9.17) is 14.6 Å². The predicted molar refractivity (Wildman–Crippen MR) is 121 cm³/mol. The van der Waals surface area contributed by atoms with Gasteiger partial charge in [-0.1, -0.05) is 18.2 Å². The summed E-state index contributed by atoms with van der Waals surface area (Å²) in [7, 11) is 0. The molecule has 1 aromatic carbocycles. The zero-order valence-corrected chi connectivity index (χ0v) is 20.2. The van der Waals surface area contributed by atoms with Crippen LogP contribution in [0.25, 0.3) is 0 Å². The van der Waals surface area contributed by atoms with E-state index in [-0.39, 0.29) is 11.9 Å². The lowest BCUT2D eigenvalue weighted by Crippen LogP contribution is -2.38. The van der Waals surface area contributed by atoms with E-state index in [2.05, 4.69) is 0 Å². The fraction of sp³-hybridized carbons (Fsp3) is 0.545. The van der Waals surface area contributed by atoms with Gasteiger partial charge in [0.2, 0.25) is 16.0 Å². The van der Waals surface area contributed by atoms with Crippen LogP contribution in [0.15, 0.2) is 30.3 Å². The maximum Gasteiger partial charge on any atom is 0.330 e. The first kappa shape index (κ1) is 23.8. The van der Waals surface area contributed by atoms with E-state index in [0.29, 0.717) is 24.5 Å². The largest absolute Gasteiger partial charge is 0.466 e. The van der Waals surface area contributed by atoms with Crippen LogP contribution in [-0.2, 0) is 25.6 Å². The number of carbonyl (C=O) groups is 1. The fourth-order valence-electron chi connectivity index (χ4n) is 3.34. The summed E-state index contributed by atoms with van der Waals surface area (Å²) in [5.74, 6) is 0.475. The van der Waals surface area contributed by atoms with E-state index in [1.165, 1.54) is 11.3 Å². The van der Waals surface area contributed by atoms with Crippen molar-refractivity contribution in [1.82, 2.24) is 10.0 Å². The second kappa shape index (κ2) is 9.36. The molecule has 2 aromatic rings. The van der Waals surface area contributed by atoms with Gasteiger partial charge in [0.15, 0.2) is 0 Å². The summed E-state index contributed by atoms with van der Waals surface area (Å²) < 4.78 is 28.3. The summed E-state index contributed by atoms with van der Waals surface area (Å²) in [5, 5.41) is 2.64. The molecular weight excluding hydrogens is 436 g/mol. The minimum Gasteiger partial charge on any atom is -0.466 e. The summed E-state index contributed by atoms with van der Waals surface area (Å²) in [4.78, 5) is 21.8. The van der Waals surface area contributed by atoms with E-state index in [1.807, 2.05) is 45.9 Å². The topological polar surface area (TPSA) is 89.0 Å². The number of carbonyl (C=O) groups excluding carboxylic acids is 1. The maximum absolute atomic E-state index is 12.3. The van der Waals surface area contributed by atoms with Crippen molar-refractivity contribution in [3.63, 3.8) is 0 Å². The van der Waals surface area contributed by atoms with Gasteiger partial charge < -0.3 is 14.1 Å². The number of hydroxylamine groups is 2. The molecule has 1 saturated heterocycles. The third-order valence-electron chi connectivity index (χ3n) is 5.26. The molecule has 0 radical (unpaired) electrons. The third-order valence-corrected chi connectivity index (χ3v) is 7.34. The number of hydrogen-bond donors (Lipinski definition) is 1. The van der Waals surface area contributed by atoms with E-state index in [1.54, 1.807) is 24.1 Å². The number of nitrogens with zero attached hydrogens (tertiary/aromatic N) is 2. The minimum absolute atomic E-state index is 0.204. The zero-order valence-electron chi connectivity index (χ0n) is 18.6. The molecule has 3 rings (SSSR count). The highest BCUT2D eigenvalue weighted by Gasteiger charge is 2.41. The summed E-state index contributed by atoms with van der Waals surface area (Å²) >= 11 is -0.755. The Morgan fingerprint density at radius 2 is 1.81 bits per heavy atom. The van der Waals surface area contributed by atoms with Crippen LogP contribution >= 0.6 is 11.3 Å². The van der Waals surface area contributed by atoms with Gasteiger partial charge >= 0.3 is 5.97 Å². The molecule has 2 unspecified atom stereocenters. The lowest BCUT2D eigenvalue weighted by atomic mass is 9.97. The molecule has 0 saturated carbocycles. The molecule has 0 amide bonds. The Balaban J connectivity index is 1.73. The molecule has 1 fully saturated rings. The smallest absolute Gasteiger partial charge is 0.330 e. The predicted octanol–water partition coefficient (Wildman–Crippen LogP) is 4.61. The molecule has 31 heavy (non-hydrogen) atoms. The molecule has 170 valence electrons. The molecule has 0 aliphatic carbocycles. The van der Waals surface area contributed by atoms with Gasteiger partial charge in [-0.2, -0.15) is 0 Å². The van der Waals surface area contributed by atoms with Gasteiger partial charge in [-0.25, -0.2) is 14.0 Å². The van der Waals surface area contributed by atoms with Crippen molar-refractivity contribution in [2.75, 3.05) is 13.1 Å². The second-order valence-electron chi connectivity index (χ2n) is 8.90. The van der Waals surface area contributed by atoms with Crippen molar-refractivity contribution in [3.8, 4) is 5.75 Å². The Kier molecular flexibility index (Phi) is 7.20. The molecule has 9 heteroatoms. The number of thiazole rings is 1. The molecule has 1 N–H and O–H groups in total. The Morgan fingerprint density at radius 3 is 2.35 bits per heavy atom. The van der Waals surface area contributed by atoms with Crippen molar-refractivity contribution in [2.45, 2.75) is 58.3 Å². The number of aromatic nitrogens is 1. The molecule has 1 aromatic heterocycles. The van der Waals surface area contributed by atoms with Gasteiger partial charge in [0, 0.05) is 23.9 Å². The van der Waals surface area contributed by atoms with Crippen molar-refractivity contribution < 1.29 is 23.1 Å². The van der Waals surface area contributed by atoms with Gasteiger partial charge in [0.1, 0.15) is 11.4 Å². The molecule has 7 nitrogen and oxygen atoms in total. The van der Waals surface area contributed by atoms with Crippen molar-refractivity contribution in [1.29, 1.82) is 0 Å². The quantitative estimate of drug-likeness (QED) is 0.622. The monoisotopic (exact) mass is 466 g/mol. The number of piperidine rings is 1. The third kappa shape index (κ3) is 5.52. The fourth-order valence-corrected chi connectivity index (χ4v) is 5.13. The summed E-state index contributed by atoms with van der Waals surface area (Å²) in [6.45, 7) is 10.3. The lowest BCUT2D eigenvalue weighted by Gasteiger charge is -2.31. The van der Waals surface area contributed by atoms with Crippen molar-refractivity contribution in [3.05, 3.63) is 45.9 Å². The van der Waals surface area contributed by atoms with Gasteiger partial charge in [-0.3, -0.25) is 0 Å². The van der Waals surface area contributed by atoms with Crippen molar-refractivity contribution in [2.24, 2.45) is 5.41 Å². The van der Waals surface area contributed by atoms with E-state index in [9.17, 15) is 13.6 Å². The zero-order chi connectivity index (χ0) is 22.8. The maximum atomic E-state index is 12.3. The first-order chi connectivity index (χ1) is 14.5. The SMILES string of the molecule is Cc1sc(C2CCN(OC(=O)C(C)(C)C)CC2)nc1C(C)(Oc1ccccc1)S(=O)O. The summed E-state index contributed by atoms with van der Waals surface area (Å²) in [6.07, 6.45) is 1.59. The van der Waals surface area contributed by atoms with E-state index < -0.39 is 21.4 Å². The van der Waals surface area contributed by atoms with Crippen LogP contribution < -0.4 is 4.74 Å². The Morgan fingerprint density at radius 1 is 1.19 bits per heavy atom. The Hall–Kier alpha value is -1.81. The molecular formula is C22H30N2O5S2. The Labute approximate surface area is 190 Å². The summed E-state index contributed by atoms with van der Waals surface area (Å²) in [6, 6.07) is 8.99. The number of rotatable bonds is 6. The van der Waals surface area contributed by atoms with Gasteiger partial charge in [-0.15, -0.1) is 16.4 Å². The first-order valence-corrected chi connectivity index (χ1v) is 12.2. The highest BCUT2D eigenvalue weighted by atomic mass is 32.2. The molecule has 1 aliphatic rings. The Bertz CT molecular complexity index is 933. The van der Waals surface area contributed by atoms with Crippen LogP contribution in [-0.4, -0.2) is 37.9 Å². The first-order valence-electron chi connectivity index (χ1n) is 10.3. The average molecular weight is 467 g/mol. The summed E-state index contributed by atoms with van der Waals surface area (Å²) in [5.41, 5.74) is -0.0554. The minimum atomic E-state index is -2.29. The molecule has 2 atom stereocenters. The molecule has 2 heterocycles. The van der Waals surface area contributed by atoms with Gasteiger partial charge in [0.25, 0.3) is 0 Å². The van der Waals surface area contributed by atoms with Gasteiger partial charge in [0.05, 0.1) is 10.4 Å². The van der Waals surface area contributed by atoms with Crippen LogP contribution in [0.1, 0.15) is 62.0 Å². The van der Waals surface area contributed by atoms with E-state index >= 15 is 0 Å². The molecule has 1 aliphatic heterocycles. The molecule has 0 bridgehead atoms. The van der Waals surface area contributed by atoms with Crippen LogP contribution in [0.2, 0.25) is 0 Å². The standard InChI is InChI=1S/C22H30N2O5S2/c1-15-18(22(5,31(26)27)28-17-9-7-6-8-10-17)23-19(30-15)16-11-13-24(14-12-16)29-20(25)21(2,3)4/h6-10,16H,11-14H2,1-5H3,(H,26,27). The number of aryl methyl sites for hydroxylation is 1. The van der Waals surface area contributed by atoms with Crippen LogP contribution in [0, 0.1) is 12.3 Å². The number of para-hydroxylation sites is 1. The number of hydrogen-bond acceptors (Lipinski definition) is 7. The molecule has 0 spiro atoms. The highest BCUT2D eigenvalue weighted by molar-refractivity contribution is 7.80. The van der Waals surface area contributed by atoms with Crippen LogP contribution in [0.5, 0.6) is 5.75 Å². The number of ether oxygens (including phenoxy) is 1. The van der Waals surface area contributed by atoms with Gasteiger partial charge in [-0.05, 0) is 59.6 Å². The lowest BCUT2D eigenvalue weighted by molar-refractivity contribution is -0.204. The van der Waals surface area contributed by atoms with Crippen LogP contribution in [0.3, 0.4) is 0 Å².